The predicted molar refractivity (Wildman–Crippen MR) is 124 cm³/mol. The van der Waals surface area contributed by atoms with Crippen LogP contribution in [-0.4, -0.2) is 39.9 Å². The minimum Gasteiger partial charge on any atom is -0.497 e. The molecule has 0 spiro atoms. The van der Waals surface area contributed by atoms with Gasteiger partial charge in [-0.2, -0.15) is 4.98 Å². The zero-order chi connectivity index (χ0) is 21.4. The van der Waals surface area contributed by atoms with E-state index in [1.165, 1.54) is 6.42 Å². The standard InChI is InChI=1S/C23H23ClN6O/c1-31-18-11-5-15(6-12-18)20-19-21(25)30(17-9-7-16(24)8-10-17)28-22(19)27-23(26-20)29-13-3-2-4-14-29/h5-12H,2-4,13-14,25H2,1H3. The molecule has 2 aromatic carbocycles. The van der Waals surface area contributed by atoms with Crippen molar-refractivity contribution in [3.8, 4) is 22.7 Å². The maximum absolute atomic E-state index is 6.58. The fraction of sp³-hybridized carbons (Fsp3) is 0.261. The number of hydrogen-bond acceptors (Lipinski definition) is 6. The lowest BCUT2D eigenvalue weighted by Gasteiger charge is -2.26. The lowest BCUT2D eigenvalue weighted by Crippen LogP contribution is -2.31. The molecule has 7 nitrogen and oxygen atoms in total. The van der Waals surface area contributed by atoms with Crippen molar-refractivity contribution in [3.63, 3.8) is 0 Å². The van der Waals surface area contributed by atoms with Crippen molar-refractivity contribution in [3.05, 3.63) is 53.6 Å². The van der Waals surface area contributed by atoms with Gasteiger partial charge in [-0.25, -0.2) is 9.67 Å². The fourth-order valence-corrected chi connectivity index (χ4v) is 4.10. The first kappa shape index (κ1) is 19.6. The molecule has 1 aliphatic rings. The summed E-state index contributed by atoms with van der Waals surface area (Å²) in [6.45, 7) is 1.89. The molecule has 0 atom stereocenters. The number of fused-ring (bicyclic) bond motifs is 1. The summed E-state index contributed by atoms with van der Waals surface area (Å²) >= 11 is 6.06. The van der Waals surface area contributed by atoms with Crippen LogP contribution >= 0.6 is 11.6 Å². The maximum atomic E-state index is 6.58. The topological polar surface area (TPSA) is 82.1 Å². The molecule has 3 heterocycles. The SMILES string of the molecule is COc1ccc(-c2nc(N3CCCCC3)nc3nn(-c4ccc(Cl)cc4)c(N)c23)cc1. The predicted octanol–water partition coefficient (Wildman–Crippen LogP) is 4.72. The third kappa shape index (κ3) is 3.65. The molecule has 4 aromatic rings. The van der Waals surface area contributed by atoms with E-state index in [9.17, 15) is 0 Å². The second-order valence-corrected chi connectivity index (χ2v) is 8.06. The van der Waals surface area contributed by atoms with Crippen molar-refractivity contribution in [2.45, 2.75) is 19.3 Å². The summed E-state index contributed by atoms with van der Waals surface area (Å²) in [5.41, 5.74) is 9.69. The molecule has 0 unspecified atom stereocenters. The first-order valence-electron chi connectivity index (χ1n) is 10.4. The molecule has 31 heavy (non-hydrogen) atoms. The van der Waals surface area contributed by atoms with Crippen LogP contribution in [0, 0.1) is 0 Å². The van der Waals surface area contributed by atoms with Gasteiger partial charge in [-0.05, 0) is 67.8 Å². The van der Waals surface area contributed by atoms with Gasteiger partial charge >= 0.3 is 0 Å². The highest BCUT2D eigenvalue weighted by Crippen LogP contribution is 2.34. The van der Waals surface area contributed by atoms with Crippen LogP contribution in [0.1, 0.15) is 19.3 Å². The molecule has 8 heteroatoms. The lowest BCUT2D eigenvalue weighted by molar-refractivity contribution is 0.415. The molecule has 0 radical (unpaired) electrons. The Morgan fingerprint density at radius 3 is 2.32 bits per heavy atom. The van der Waals surface area contributed by atoms with Crippen LogP contribution in [0.5, 0.6) is 5.75 Å². The van der Waals surface area contributed by atoms with E-state index in [0.717, 1.165) is 54.0 Å². The van der Waals surface area contributed by atoms with Crippen LogP contribution in [0.4, 0.5) is 11.8 Å². The number of benzene rings is 2. The molecule has 1 saturated heterocycles. The first-order valence-corrected chi connectivity index (χ1v) is 10.7. The van der Waals surface area contributed by atoms with Crippen LogP contribution in [0.15, 0.2) is 48.5 Å². The quantitative estimate of drug-likeness (QED) is 0.500. The molecule has 0 bridgehead atoms. The van der Waals surface area contributed by atoms with Gasteiger partial charge in [-0.3, -0.25) is 0 Å². The summed E-state index contributed by atoms with van der Waals surface area (Å²) in [4.78, 5) is 12.0. The van der Waals surface area contributed by atoms with E-state index in [-0.39, 0.29) is 0 Å². The molecular formula is C23H23ClN6O. The molecule has 2 aromatic heterocycles. The van der Waals surface area contributed by atoms with Gasteiger partial charge in [0.1, 0.15) is 11.6 Å². The number of piperidine rings is 1. The Morgan fingerprint density at radius 2 is 1.65 bits per heavy atom. The van der Waals surface area contributed by atoms with Crippen molar-refractivity contribution >= 4 is 34.4 Å². The number of anilines is 2. The summed E-state index contributed by atoms with van der Waals surface area (Å²) in [5, 5.41) is 6.13. The van der Waals surface area contributed by atoms with Crippen LogP contribution in [0.2, 0.25) is 5.02 Å². The number of hydrogen-bond donors (Lipinski definition) is 1. The molecule has 158 valence electrons. The maximum Gasteiger partial charge on any atom is 0.228 e. The Morgan fingerprint density at radius 1 is 0.935 bits per heavy atom. The van der Waals surface area contributed by atoms with E-state index < -0.39 is 0 Å². The van der Waals surface area contributed by atoms with E-state index in [0.29, 0.717) is 22.4 Å². The van der Waals surface area contributed by atoms with Crippen LogP contribution < -0.4 is 15.4 Å². The number of aromatic nitrogens is 4. The van der Waals surface area contributed by atoms with Gasteiger partial charge in [0.25, 0.3) is 0 Å². The van der Waals surface area contributed by atoms with E-state index in [2.05, 4.69) is 4.90 Å². The molecular weight excluding hydrogens is 412 g/mol. The average Bonchev–Trinajstić information content (AvgIpc) is 3.16. The minimum atomic E-state index is 0.494. The number of rotatable bonds is 4. The van der Waals surface area contributed by atoms with Gasteiger partial charge in [-0.1, -0.05) is 11.6 Å². The van der Waals surface area contributed by atoms with E-state index in [1.54, 1.807) is 11.8 Å². The second kappa shape index (κ2) is 8.07. The summed E-state index contributed by atoms with van der Waals surface area (Å²) in [5.74, 6) is 1.97. The summed E-state index contributed by atoms with van der Waals surface area (Å²) in [7, 11) is 1.65. The van der Waals surface area contributed by atoms with Gasteiger partial charge in [0, 0.05) is 23.7 Å². The molecule has 1 aliphatic heterocycles. The number of halogens is 1. The molecule has 0 saturated carbocycles. The van der Waals surface area contributed by atoms with Crippen molar-refractivity contribution < 1.29 is 4.74 Å². The first-order chi connectivity index (χ1) is 15.1. The van der Waals surface area contributed by atoms with Crippen LogP contribution in [0.3, 0.4) is 0 Å². The Kier molecular flexibility index (Phi) is 5.11. The second-order valence-electron chi connectivity index (χ2n) is 7.62. The smallest absolute Gasteiger partial charge is 0.228 e. The van der Waals surface area contributed by atoms with Gasteiger partial charge in [-0.15, -0.1) is 5.10 Å². The lowest BCUT2D eigenvalue weighted by atomic mass is 10.1. The van der Waals surface area contributed by atoms with E-state index in [4.69, 9.17) is 37.1 Å². The molecule has 0 aliphatic carbocycles. The molecule has 2 N–H and O–H groups in total. The monoisotopic (exact) mass is 434 g/mol. The van der Waals surface area contributed by atoms with Crippen molar-refractivity contribution in [1.29, 1.82) is 0 Å². The number of ether oxygens (including phenoxy) is 1. The van der Waals surface area contributed by atoms with E-state index in [1.807, 2.05) is 48.5 Å². The average molecular weight is 435 g/mol. The Labute approximate surface area is 185 Å². The Bertz CT molecular complexity index is 1210. The summed E-state index contributed by atoms with van der Waals surface area (Å²) in [6.07, 6.45) is 3.52. The third-order valence-corrected chi connectivity index (χ3v) is 5.88. The molecule has 5 rings (SSSR count). The highest BCUT2D eigenvalue weighted by atomic mass is 35.5. The fourth-order valence-electron chi connectivity index (χ4n) is 3.97. The van der Waals surface area contributed by atoms with Crippen molar-refractivity contribution in [2.75, 3.05) is 30.8 Å². The number of methoxy groups -OCH3 is 1. The summed E-state index contributed by atoms with van der Waals surface area (Å²) in [6, 6.07) is 15.2. The van der Waals surface area contributed by atoms with Gasteiger partial charge in [0.05, 0.1) is 23.9 Å². The van der Waals surface area contributed by atoms with E-state index >= 15 is 0 Å². The van der Waals surface area contributed by atoms with Gasteiger partial charge < -0.3 is 15.4 Å². The zero-order valence-corrected chi connectivity index (χ0v) is 18.0. The summed E-state index contributed by atoms with van der Waals surface area (Å²) < 4.78 is 7.01. The number of nitrogens with two attached hydrogens (primary N) is 1. The molecule has 1 fully saturated rings. The number of nitrogen functional groups attached to an aromatic ring is 1. The number of nitrogens with zero attached hydrogens (tertiary/aromatic N) is 5. The largest absolute Gasteiger partial charge is 0.497 e. The third-order valence-electron chi connectivity index (χ3n) is 5.63. The van der Waals surface area contributed by atoms with Gasteiger partial charge in [0.2, 0.25) is 5.95 Å². The van der Waals surface area contributed by atoms with Crippen molar-refractivity contribution in [1.82, 2.24) is 19.7 Å². The van der Waals surface area contributed by atoms with Crippen LogP contribution in [0.25, 0.3) is 28.0 Å². The Balaban J connectivity index is 1.71. The van der Waals surface area contributed by atoms with Gasteiger partial charge in [0.15, 0.2) is 5.65 Å². The normalized spacial score (nSPS) is 14.2. The zero-order valence-electron chi connectivity index (χ0n) is 17.3. The molecule has 0 amide bonds. The minimum absolute atomic E-state index is 0.494. The van der Waals surface area contributed by atoms with Crippen molar-refractivity contribution in [2.24, 2.45) is 0 Å². The highest BCUT2D eigenvalue weighted by molar-refractivity contribution is 6.30. The van der Waals surface area contributed by atoms with Crippen LogP contribution in [-0.2, 0) is 0 Å². The Hall–Kier alpha value is -3.32. The highest BCUT2D eigenvalue weighted by Gasteiger charge is 2.22.